The number of ether oxygens (including phenoxy) is 1. The van der Waals surface area contributed by atoms with Crippen LogP contribution < -0.4 is 4.74 Å². The molecule has 5 rings (SSSR count). The Labute approximate surface area is 197 Å². The molecule has 0 unspecified atom stereocenters. The summed E-state index contributed by atoms with van der Waals surface area (Å²) in [6.45, 7) is 7.06. The number of carbonyl (C=O) groups is 1. The Balaban J connectivity index is 1.18. The molecule has 1 saturated heterocycles. The van der Waals surface area contributed by atoms with Gasteiger partial charge in [0.15, 0.2) is 0 Å². The minimum Gasteiger partial charge on any atom is -0.493 e. The first-order valence-electron chi connectivity index (χ1n) is 11.0. The number of aryl methyl sites for hydroxylation is 1. The minimum atomic E-state index is 0.136. The number of carbonyl (C=O) groups excluding carboxylic acids is 1. The van der Waals surface area contributed by atoms with Gasteiger partial charge >= 0.3 is 0 Å². The summed E-state index contributed by atoms with van der Waals surface area (Å²) in [7, 11) is 0. The molecular weight excluding hydrogens is 438 g/mol. The second-order valence-electron chi connectivity index (χ2n) is 8.25. The van der Waals surface area contributed by atoms with E-state index in [2.05, 4.69) is 33.5 Å². The summed E-state index contributed by atoms with van der Waals surface area (Å²) in [4.78, 5) is 23.3. The van der Waals surface area contributed by atoms with Gasteiger partial charge in [0.2, 0.25) is 0 Å². The molecule has 1 fully saturated rings. The SMILES string of the molecule is Cc1nc(CSc2ccccc2C(=O)N2CCN(Cc3ccc4c(c3)CCO4)CC2)cs1. The van der Waals surface area contributed by atoms with Gasteiger partial charge in [0, 0.05) is 55.2 Å². The van der Waals surface area contributed by atoms with Crippen molar-refractivity contribution in [2.75, 3.05) is 32.8 Å². The molecular formula is C25H27N3O2S2. The van der Waals surface area contributed by atoms with E-state index in [0.29, 0.717) is 0 Å². The largest absolute Gasteiger partial charge is 0.493 e. The molecule has 2 aliphatic heterocycles. The van der Waals surface area contributed by atoms with Crippen molar-refractivity contribution in [3.05, 3.63) is 75.2 Å². The Bertz CT molecular complexity index is 1110. The van der Waals surface area contributed by atoms with Gasteiger partial charge in [-0.1, -0.05) is 24.3 Å². The number of thioether (sulfide) groups is 1. The van der Waals surface area contributed by atoms with Crippen LogP contribution in [-0.4, -0.2) is 53.5 Å². The summed E-state index contributed by atoms with van der Waals surface area (Å²) in [6.07, 6.45) is 1.00. The fourth-order valence-corrected chi connectivity index (χ4v) is 5.93. The third-order valence-electron chi connectivity index (χ3n) is 5.98. The van der Waals surface area contributed by atoms with Gasteiger partial charge in [-0.05, 0) is 36.2 Å². The van der Waals surface area contributed by atoms with Crippen LogP contribution in [0, 0.1) is 6.92 Å². The van der Waals surface area contributed by atoms with Crippen molar-refractivity contribution < 1.29 is 9.53 Å². The highest BCUT2D eigenvalue weighted by atomic mass is 32.2. The number of piperazine rings is 1. The maximum Gasteiger partial charge on any atom is 0.255 e. The highest BCUT2D eigenvalue weighted by Gasteiger charge is 2.24. The summed E-state index contributed by atoms with van der Waals surface area (Å²) in [5.74, 6) is 1.95. The maximum atomic E-state index is 13.3. The van der Waals surface area contributed by atoms with E-state index in [-0.39, 0.29) is 5.91 Å². The Morgan fingerprint density at radius 1 is 1.16 bits per heavy atom. The maximum absolute atomic E-state index is 13.3. The number of hydrogen-bond donors (Lipinski definition) is 0. The van der Waals surface area contributed by atoms with Crippen LogP contribution in [0.2, 0.25) is 0 Å². The molecule has 0 aliphatic carbocycles. The lowest BCUT2D eigenvalue weighted by molar-refractivity contribution is 0.0625. The van der Waals surface area contributed by atoms with E-state index in [4.69, 9.17) is 4.74 Å². The summed E-state index contributed by atoms with van der Waals surface area (Å²) < 4.78 is 5.62. The van der Waals surface area contributed by atoms with Crippen molar-refractivity contribution in [2.24, 2.45) is 0 Å². The smallest absolute Gasteiger partial charge is 0.255 e. The van der Waals surface area contributed by atoms with Crippen molar-refractivity contribution >= 4 is 29.0 Å². The Morgan fingerprint density at radius 3 is 2.81 bits per heavy atom. The predicted octanol–water partition coefficient (Wildman–Crippen LogP) is 4.64. The molecule has 2 aliphatic rings. The first kappa shape index (κ1) is 21.5. The standard InChI is InChI=1S/C25H27N3O2S2/c1-18-26-21(16-31-18)17-32-24-5-3-2-4-22(24)25(29)28-11-9-27(10-12-28)15-19-6-7-23-20(14-19)8-13-30-23/h2-7,14,16H,8-13,15,17H2,1H3. The number of fused-ring (bicyclic) bond motifs is 1. The van der Waals surface area contributed by atoms with Crippen molar-refractivity contribution in [3.8, 4) is 5.75 Å². The van der Waals surface area contributed by atoms with Gasteiger partial charge in [-0.3, -0.25) is 9.69 Å². The zero-order chi connectivity index (χ0) is 21.9. The molecule has 1 amide bonds. The first-order chi connectivity index (χ1) is 15.7. The average molecular weight is 466 g/mol. The molecule has 1 aromatic heterocycles. The van der Waals surface area contributed by atoms with E-state index in [9.17, 15) is 4.79 Å². The summed E-state index contributed by atoms with van der Waals surface area (Å²) in [5, 5.41) is 3.18. The van der Waals surface area contributed by atoms with Gasteiger partial charge < -0.3 is 9.64 Å². The van der Waals surface area contributed by atoms with E-state index in [1.807, 2.05) is 36.1 Å². The molecule has 7 heteroatoms. The fourth-order valence-electron chi connectivity index (χ4n) is 4.27. The van der Waals surface area contributed by atoms with E-state index < -0.39 is 0 Å². The summed E-state index contributed by atoms with van der Waals surface area (Å²) in [6, 6.07) is 14.5. The first-order valence-corrected chi connectivity index (χ1v) is 12.9. The number of benzene rings is 2. The Kier molecular flexibility index (Phi) is 6.48. The Morgan fingerprint density at radius 2 is 2.00 bits per heavy atom. The van der Waals surface area contributed by atoms with Gasteiger partial charge in [0.05, 0.1) is 22.9 Å². The second-order valence-corrected chi connectivity index (χ2v) is 10.3. The van der Waals surface area contributed by atoms with Crippen LogP contribution in [0.4, 0.5) is 0 Å². The zero-order valence-corrected chi connectivity index (χ0v) is 19.9. The number of nitrogens with zero attached hydrogens (tertiary/aromatic N) is 3. The third-order valence-corrected chi connectivity index (χ3v) is 7.91. The number of thiazole rings is 1. The lowest BCUT2D eigenvalue weighted by atomic mass is 10.1. The molecule has 0 spiro atoms. The number of rotatable bonds is 6. The van der Waals surface area contributed by atoms with Crippen LogP contribution in [-0.2, 0) is 18.7 Å². The second kappa shape index (κ2) is 9.65. The number of aromatic nitrogens is 1. The zero-order valence-electron chi connectivity index (χ0n) is 18.3. The molecule has 3 aromatic rings. The van der Waals surface area contributed by atoms with Crippen molar-refractivity contribution in [1.82, 2.24) is 14.8 Å². The number of amides is 1. The topological polar surface area (TPSA) is 45.7 Å². The van der Waals surface area contributed by atoms with Gasteiger partial charge in [-0.2, -0.15) is 0 Å². The molecule has 2 aromatic carbocycles. The van der Waals surface area contributed by atoms with Crippen LogP contribution in [0.5, 0.6) is 5.75 Å². The van der Waals surface area contributed by atoms with Gasteiger partial charge in [-0.15, -0.1) is 23.1 Å². The monoisotopic (exact) mass is 465 g/mol. The summed E-state index contributed by atoms with van der Waals surface area (Å²) >= 11 is 3.36. The highest BCUT2D eigenvalue weighted by Crippen LogP contribution is 2.29. The lowest BCUT2D eigenvalue weighted by Gasteiger charge is -2.35. The van der Waals surface area contributed by atoms with Crippen LogP contribution in [0.3, 0.4) is 0 Å². The molecule has 32 heavy (non-hydrogen) atoms. The quantitative estimate of drug-likeness (QED) is 0.497. The van der Waals surface area contributed by atoms with Crippen LogP contribution in [0.15, 0.2) is 52.7 Å². The normalized spacial score (nSPS) is 16.1. The molecule has 0 atom stereocenters. The highest BCUT2D eigenvalue weighted by molar-refractivity contribution is 7.98. The van der Waals surface area contributed by atoms with E-state index >= 15 is 0 Å². The predicted molar refractivity (Wildman–Crippen MR) is 130 cm³/mol. The number of hydrogen-bond acceptors (Lipinski definition) is 6. The van der Waals surface area contributed by atoms with Crippen molar-refractivity contribution in [2.45, 2.75) is 30.5 Å². The molecule has 5 nitrogen and oxygen atoms in total. The lowest BCUT2D eigenvalue weighted by Crippen LogP contribution is -2.48. The van der Waals surface area contributed by atoms with Crippen molar-refractivity contribution in [1.29, 1.82) is 0 Å². The molecule has 166 valence electrons. The van der Waals surface area contributed by atoms with Gasteiger partial charge in [-0.25, -0.2) is 4.98 Å². The average Bonchev–Trinajstić information content (AvgIpc) is 3.46. The van der Waals surface area contributed by atoms with E-state index in [1.165, 1.54) is 11.1 Å². The van der Waals surface area contributed by atoms with Crippen LogP contribution in [0.1, 0.15) is 32.2 Å². The Hall–Kier alpha value is -2.35. The fraction of sp³-hybridized carbons (Fsp3) is 0.360. The van der Waals surface area contributed by atoms with Gasteiger partial charge in [0.1, 0.15) is 5.75 Å². The molecule has 0 saturated carbocycles. The van der Waals surface area contributed by atoms with Crippen LogP contribution >= 0.6 is 23.1 Å². The van der Waals surface area contributed by atoms with Gasteiger partial charge in [0.25, 0.3) is 5.91 Å². The van der Waals surface area contributed by atoms with E-state index in [1.54, 1.807) is 23.1 Å². The molecule has 0 N–H and O–H groups in total. The van der Waals surface area contributed by atoms with Crippen LogP contribution in [0.25, 0.3) is 0 Å². The summed E-state index contributed by atoms with van der Waals surface area (Å²) in [5.41, 5.74) is 4.52. The minimum absolute atomic E-state index is 0.136. The third kappa shape index (κ3) is 4.85. The van der Waals surface area contributed by atoms with Crippen molar-refractivity contribution in [3.63, 3.8) is 0 Å². The molecule has 3 heterocycles. The molecule has 0 radical (unpaired) electrons. The molecule has 0 bridgehead atoms. The van der Waals surface area contributed by atoms with E-state index in [0.717, 1.165) is 78.4 Å².